The molecule has 1 aromatic heterocycles. The van der Waals surface area contributed by atoms with Crippen LogP contribution in [0.15, 0.2) is 17.6 Å². The molecule has 1 saturated heterocycles. The summed E-state index contributed by atoms with van der Waals surface area (Å²) in [6.07, 6.45) is 7.73. The van der Waals surface area contributed by atoms with Crippen LogP contribution in [0.5, 0.6) is 0 Å². The largest absolute Gasteiger partial charge is 0.357 e. The first kappa shape index (κ1) is 17.2. The van der Waals surface area contributed by atoms with Gasteiger partial charge in [0.15, 0.2) is 5.96 Å². The molecule has 0 spiro atoms. The summed E-state index contributed by atoms with van der Waals surface area (Å²) in [5.41, 5.74) is 0. The average molecular weight is 321 g/mol. The highest BCUT2D eigenvalue weighted by atomic mass is 16.2. The maximum absolute atomic E-state index is 12.0. The molecule has 23 heavy (non-hydrogen) atoms. The molecule has 2 rings (SSSR count). The SMILES string of the molecule is CCNC(=NCC(=O)N1CCCC1)NCCCCn1cnnc1. The Bertz CT molecular complexity index is 480. The number of nitrogens with zero attached hydrogens (tertiary/aromatic N) is 5. The number of unbranched alkanes of at least 4 members (excludes halogenated alkanes) is 1. The Hall–Kier alpha value is -2.12. The Morgan fingerprint density at radius 1 is 1.17 bits per heavy atom. The van der Waals surface area contributed by atoms with E-state index in [4.69, 9.17) is 0 Å². The lowest BCUT2D eigenvalue weighted by molar-refractivity contribution is -0.128. The molecule has 8 heteroatoms. The predicted molar refractivity (Wildman–Crippen MR) is 89.1 cm³/mol. The molecule has 1 aliphatic heterocycles. The molecule has 0 bridgehead atoms. The monoisotopic (exact) mass is 321 g/mol. The molecular weight excluding hydrogens is 294 g/mol. The van der Waals surface area contributed by atoms with Crippen molar-refractivity contribution in [3.8, 4) is 0 Å². The maximum Gasteiger partial charge on any atom is 0.244 e. The van der Waals surface area contributed by atoms with Crippen LogP contribution in [0.1, 0.15) is 32.6 Å². The van der Waals surface area contributed by atoms with Crippen molar-refractivity contribution in [1.82, 2.24) is 30.3 Å². The summed E-state index contributed by atoms with van der Waals surface area (Å²) < 4.78 is 1.97. The third-order valence-electron chi connectivity index (χ3n) is 3.78. The summed E-state index contributed by atoms with van der Waals surface area (Å²) in [6, 6.07) is 0. The molecule has 1 fully saturated rings. The fraction of sp³-hybridized carbons (Fsp3) is 0.733. The van der Waals surface area contributed by atoms with E-state index in [9.17, 15) is 4.79 Å². The Kier molecular flexibility index (Phi) is 7.35. The lowest BCUT2D eigenvalue weighted by Gasteiger charge is -2.15. The van der Waals surface area contributed by atoms with Gasteiger partial charge in [-0.15, -0.1) is 10.2 Å². The van der Waals surface area contributed by atoms with Crippen molar-refractivity contribution in [3.05, 3.63) is 12.7 Å². The summed E-state index contributed by atoms with van der Waals surface area (Å²) in [7, 11) is 0. The number of guanidine groups is 1. The van der Waals surface area contributed by atoms with Gasteiger partial charge in [-0.2, -0.15) is 0 Å². The van der Waals surface area contributed by atoms with Gasteiger partial charge in [-0.3, -0.25) is 4.79 Å². The molecule has 2 heterocycles. The zero-order chi connectivity index (χ0) is 16.3. The van der Waals surface area contributed by atoms with Gasteiger partial charge in [0.1, 0.15) is 19.2 Å². The second-order valence-electron chi connectivity index (χ2n) is 5.62. The van der Waals surface area contributed by atoms with Crippen molar-refractivity contribution in [2.75, 3.05) is 32.7 Å². The molecule has 2 N–H and O–H groups in total. The molecule has 1 aliphatic rings. The van der Waals surface area contributed by atoms with Gasteiger partial charge in [0.05, 0.1) is 0 Å². The Morgan fingerprint density at radius 3 is 2.61 bits per heavy atom. The van der Waals surface area contributed by atoms with Crippen LogP contribution < -0.4 is 10.6 Å². The standard InChI is InChI=1S/C15H27N7O/c1-2-16-15(18-11-14(23)22-9-5-6-10-22)17-7-3-4-8-21-12-19-20-13-21/h12-13H,2-11H2,1H3,(H2,16,17,18). The summed E-state index contributed by atoms with van der Waals surface area (Å²) in [4.78, 5) is 18.3. The molecule has 128 valence electrons. The lowest BCUT2D eigenvalue weighted by atomic mass is 10.3. The fourth-order valence-corrected chi connectivity index (χ4v) is 2.52. The first-order valence-corrected chi connectivity index (χ1v) is 8.42. The highest BCUT2D eigenvalue weighted by Crippen LogP contribution is 2.07. The smallest absolute Gasteiger partial charge is 0.244 e. The number of nitrogens with one attached hydrogen (secondary N) is 2. The van der Waals surface area contributed by atoms with Crippen LogP contribution in [0.4, 0.5) is 0 Å². The topological polar surface area (TPSA) is 87.4 Å². The third kappa shape index (κ3) is 6.25. The second-order valence-corrected chi connectivity index (χ2v) is 5.62. The Labute approximate surface area is 137 Å². The van der Waals surface area contributed by atoms with Crippen molar-refractivity contribution in [3.63, 3.8) is 0 Å². The van der Waals surface area contributed by atoms with Crippen LogP contribution in [-0.4, -0.2) is 64.3 Å². The number of hydrogen-bond acceptors (Lipinski definition) is 4. The fourth-order valence-electron chi connectivity index (χ4n) is 2.52. The van der Waals surface area contributed by atoms with Crippen molar-refractivity contribution < 1.29 is 4.79 Å². The summed E-state index contributed by atoms with van der Waals surface area (Å²) >= 11 is 0. The van der Waals surface area contributed by atoms with Gasteiger partial charge in [-0.25, -0.2) is 4.99 Å². The first-order valence-electron chi connectivity index (χ1n) is 8.42. The number of carbonyl (C=O) groups is 1. The van der Waals surface area contributed by atoms with Gasteiger partial charge in [-0.05, 0) is 32.6 Å². The molecular formula is C15H27N7O. The van der Waals surface area contributed by atoms with Gasteiger partial charge in [0, 0.05) is 32.7 Å². The van der Waals surface area contributed by atoms with Gasteiger partial charge in [0.2, 0.25) is 5.91 Å². The van der Waals surface area contributed by atoms with Gasteiger partial charge in [-0.1, -0.05) is 0 Å². The van der Waals surface area contributed by atoms with E-state index in [1.807, 2.05) is 16.4 Å². The van der Waals surface area contributed by atoms with Crippen molar-refractivity contribution in [2.45, 2.75) is 39.2 Å². The Balaban J connectivity index is 1.65. The molecule has 0 unspecified atom stereocenters. The van der Waals surface area contributed by atoms with Gasteiger partial charge in [0.25, 0.3) is 0 Å². The summed E-state index contributed by atoms with van der Waals surface area (Å²) in [6.45, 7) is 6.51. The molecule has 1 amide bonds. The molecule has 1 aromatic rings. The number of carbonyl (C=O) groups excluding carboxylic acids is 1. The number of aromatic nitrogens is 3. The number of likely N-dealkylation sites (tertiary alicyclic amines) is 1. The van der Waals surface area contributed by atoms with E-state index >= 15 is 0 Å². The van der Waals surface area contributed by atoms with E-state index in [0.717, 1.165) is 58.4 Å². The van der Waals surface area contributed by atoms with Crippen LogP contribution in [-0.2, 0) is 11.3 Å². The quantitative estimate of drug-likeness (QED) is 0.407. The zero-order valence-corrected chi connectivity index (χ0v) is 13.9. The summed E-state index contributed by atoms with van der Waals surface area (Å²) in [5, 5.41) is 14.0. The van der Waals surface area contributed by atoms with E-state index in [2.05, 4.69) is 25.8 Å². The number of amides is 1. The second kappa shape index (κ2) is 9.81. The molecule has 0 atom stereocenters. The van der Waals surface area contributed by atoms with Crippen LogP contribution >= 0.6 is 0 Å². The van der Waals surface area contributed by atoms with Crippen molar-refractivity contribution in [2.24, 2.45) is 4.99 Å². The lowest BCUT2D eigenvalue weighted by Crippen LogP contribution is -2.39. The van der Waals surface area contributed by atoms with Crippen LogP contribution in [0.3, 0.4) is 0 Å². The van der Waals surface area contributed by atoms with E-state index in [1.54, 1.807) is 12.7 Å². The number of rotatable bonds is 8. The van der Waals surface area contributed by atoms with E-state index in [1.165, 1.54) is 0 Å². The normalized spacial score (nSPS) is 15.0. The molecule has 0 saturated carbocycles. The highest BCUT2D eigenvalue weighted by molar-refractivity contribution is 5.85. The molecule has 8 nitrogen and oxygen atoms in total. The number of aryl methyl sites for hydroxylation is 1. The zero-order valence-electron chi connectivity index (χ0n) is 13.9. The maximum atomic E-state index is 12.0. The van der Waals surface area contributed by atoms with E-state index in [0.29, 0.717) is 5.96 Å². The predicted octanol–water partition coefficient (Wildman–Crippen LogP) is 0.236. The minimum Gasteiger partial charge on any atom is -0.357 e. The van der Waals surface area contributed by atoms with Crippen LogP contribution in [0.25, 0.3) is 0 Å². The van der Waals surface area contributed by atoms with E-state index in [-0.39, 0.29) is 12.5 Å². The minimum absolute atomic E-state index is 0.118. The highest BCUT2D eigenvalue weighted by Gasteiger charge is 2.17. The van der Waals surface area contributed by atoms with Crippen molar-refractivity contribution >= 4 is 11.9 Å². The third-order valence-corrected chi connectivity index (χ3v) is 3.78. The minimum atomic E-state index is 0.118. The molecule has 0 aromatic carbocycles. The summed E-state index contributed by atoms with van der Waals surface area (Å²) in [5.74, 6) is 0.830. The number of hydrogen-bond donors (Lipinski definition) is 2. The van der Waals surface area contributed by atoms with Gasteiger partial charge >= 0.3 is 0 Å². The van der Waals surface area contributed by atoms with Crippen molar-refractivity contribution in [1.29, 1.82) is 0 Å². The van der Waals surface area contributed by atoms with E-state index < -0.39 is 0 Å². The molecule has 0 aliphatic carbocycles. The average Bonchev–Trinajstić information content (AvgIpc) is 3.25. The molecule has 0 radical (unpaired) electrons. The Morgan fingerprint density at radius 2 is 1.91 bits per heavy atom. The van der Waals surface area contributed by atoms with Crippen LogP contribution in [0.2, 0.25) is 0 Å². The van der Waals surface area contributed by atoms with Crippen LogP contribution in [0, 0.1) is 0 Å². The first-order chi connectivity index (χ1) is 11.3. The van der Waals surface area contributed by atoms with Gasteiger partial charge < -0.3 is 20.1 Å². The number of aliphatic imine (C=N–C) groups is 1.